The van der Waals surface area contributed by atoms with Crippen LogP contribution < -0.4 is 5.32 Å². The van der Waals surface area contributed by atoms with Crippen LogP contribution in [0, 0.1) is 0 Å². The summed E-state index contributed by atoms with van der Waals surface area (Å²) in [6.45, 7) is 1.10. The molecule has 1 aromatic carbocycles. The van der Waals surface area contributed by atoms with Crippen molar-refractivity contribution in [2.45, 2.75) is 31.9 Å². The molecular formula is C16H19NO4. The molecule has 0 bridgehead atoms. The SMILES string of the molecule is O=C(O)C=Cc1ccc(CNC(=O)C2CCCCO2)cc1. The Balaban J connectivity index is 1.83. The van der Waals surface area contributed by atoms with Gasteiger partial charge in [-0.25, -0.2) is 4.79 Å². The fourth-order valence-electron chi connectivity index (χ4n) is 2.16. The number of ether oxygens (including phenoxy) is 1. The van der Waals surface area contributed by atoms with Crippen molar-refractivity contribution in [3.63, 3.8) is 0 Å². The van der Waals surface area contributed by atoms with Crippen molar-refractivity contribution in [3.05, 3.63) is 41.5 Å². The Morgan fingerprint density at radius 2 is 2.05 bits per heavy atom. The number of hydrogen-bond donors (Lipinski definition) is 2. The van der Waals surface area contributed by atoms with Gasteiger partial charge in [-0.1, -0.05) is 24.3 Å². The Hall–Kier alpha value is -2.14. The van der Waals surface area contributed by atoms with E-state index in [0.717, 1.165) is 36.5 Å². The molecule has 0 radical (unpaired) electrons. The maximum Gasteiger partial charge on any atom is 0.328 e. The minimum atomic E-state index is -0.973. The van der Waals surface area contributed by atoms with E-state index in [-0.39, 0.29) is 12.0 Å². The molecule has 0 aliphatic carbocycles. The Labute approximate surface area is 123 Å². The zero-order chi connectivity index (χ0) is 15.1. The maximum atomic E-state index is 11.9. The molecule has 1 unspecified atom stereocenters. The van der Waals surface area contributed by atoms with Gasteiger partial charge >= 0.3 is 5.97 Å². The lowest BCUT2D eigenvalue weighted by molar-refractivity contribution is -0.135. The van der Waals surface area contributed by atoms with Crippen LogP contribution in [0.5, 0.6) is 0 Å². The highest BCUT2D eigenvalue weighted by molar-refractivity contribution is 5.85. The molecule has 5 heteroatoms. The number of aliphatic carboxylic acids is 1. The van der Waals surface area contributed by atoms with Gasteiger partial charge in [0.05, 0.1) is 0 Å². The third-order valence-electron chi connectivity index (χ3n) is 3.34. The van der Waals surface area contributed by atoms with Crippen LogP contribution in [0.3, 0.4) is 0 Å². The highest BCUT2D eigenvalue weighted by Gasteiger charge is 2.21. The first-order chi connectivity index (χ1) is 10.1. The summed E-state index contributed by atoms with van der Waals surface area (Å²) in [5.74, 6) is -1.04. The molecule has 5 nitrogen and oxygen atoms in total. The van der Waals surface area contributed by atoms with Gasteiger partial charge in [0.15, 0.2) is 0 Å². The van der Waals surface area contributed by atoms with Crippen molar-refractivity contribution in [2.75, 3.05) is 6.61 Å². The normalized spacial score (nSPS) is 18.6. The Bertz CT molecular complexity index is 516. The first-order valence-corrected chi connectivity index (χ1v) is 7.04. The highest BCUT2D eigenvalue weighted by Crippen LogP contribution is 2.13. The van der Waals surface area contributed by atoms with Crippen LogP contribution in [0.2, 0.25) is 0 Å². The number of hydrogen-bond acceptors (Lipinski definition) is 3. The lowest BCUT2D eigenvalue weighted by atomic mass is 10.1. The summed E-state index contributed by atoms with van der Waals surface area (Å²) < 4.78 is 5.42. The van der Waals surface area contributed by atoms with Crippen molar-refractivity contribution in [2.24, 2.45) is 0 Å². The van der Waals surface area contributed by atoms with Crippen LogP contribution in [-0.2, 0) is 20.9 Å². The predicted octanol–water partition coefficient (Wildman–Crippen LogP) is 1.97. The average Bonchev–Trinajstić information content (AvgIpc) is 2.52. The standard InChI is InChI=1S/C16H19NO4/c18-15(19)9-8-12-4-6-13(7-5-12)11-17-16(20)14-3-1-2-10-21-14/h4-9,14H,1-3,10-11H2,(H,17,20)(H,18,19). The smallest absolute Gasteiger partial charge is 0.328 e. The number of carboxylic acids is 1. The zero-order valence-electron chi connectivity index (χ0n) is 11.7. The summed E-state index contributed by atoms with van der Waals surface area (Å²) in [6.07, 6.45) is 5.14. The molecule has 0 saturated carbocycles. The average molecular weight is 289 g/mol. The number of amides is 1. The van der Waals surface area contributed by atoms with Crippen molar-refractivity contribution in [1.82, 2.24) is 5.32 Å². The molecule has 1 heterocycles. The van der Waals surface area contributed by atoms with E-state index >= 15 is 0 Å². The number of benzene rings is 1. The number of nitrogens with one attached hydrogen (secondary N) is 1. The summed E-state index contributed by atoms with van der Waals surface area (Å²) in [5.41, 5.74) is 1.77. The second-order valence-corrected chi connectivity index (χ2v) is 4.99. The third-order valence-corrected chi connectivity index (χ3v) is 3.34. The van der Waals surface area contributed by atoms with E-state index in [9.17, 15) is 9.59 Å². The van der Waals surface area contributed by atoms with Crippen molar-refractivity contribution in [3.8, 4) is 0 Å². The molecule has 2 N–H and O–H groups in total. The molecule has 1 aromatic rings. The summed E-state index contributed by atoms with van der Waals surface area (Å²) in [4.78, 5) is 22.3. The van der Waals surface area contributed by atoms with E-state index in [2.05, 4.69) is 5.32 Å². The fourth-order valence-corrected chi connectivity index (χ4v) is 2.16. The highest BCUT2D eigenvalue weighted by atomic mass is 16.5. The Morgan fingerprint density at radius 1 is 1.29 bits per heavy atom. The van der Waals surface area contributed by atoms with E-state index in [1.807, 2.05) is 24.3 Å². The number of carboxylic acid groups (broad SMARTS) is 1. The molecule has 2 rings (SSSR count). The molecule has 112 valence electrons. The maximum absolute atomic E-state index is 11.9. The van der Waals surface area contributed by atoms with Gasteiger partial charge in [-0.15, -0.1) is 0 Å². The van der Waals surface area contributed by atoms with E-state index < -0.39 is 5.97 Å². The molecule has 0 aromatic heterocycles. The van der Waals surface area contributed by atoms with Gasteiger partial charge in [-0.3, -0.25) is 4.79 Å². The number of carbonyl (C=O) groups excluding carboxylic acids is 1. The van der Waals surface area contributed by atoms with Crippen molar-refractivity contribution in [1.29, 1.82) is 0 Å². The summed E-state index contributed by atoms with van der Waals surface area (Å²) in [6, 6.07) is 7.36. The third kappa shape index (κ3) is 5.04. The molecule has 1 saturated heterocycles. The fraction of sp³-hybridized carbons (Fsp3) is 0.375. The van der Waals surface area contributed by atoms with E-state index in [1.54, 1.807) is 0 Å². The molecule has 1 fully saturated rings. The first-order valence-electron chi connectivity index (χ1n) is 7.04. The van der Waals surface area contributed by atoms with Crippen LogP contribution in [0.15, 0.2) is 30.3 Å². The van der Waals surface area contributed by atoms with Gasteiger partial charge in [-0.05, 0) is 36.5 Å². The number of rotatable bonds is 5. The van der Waals surface area contributed by atoms with Crippen LogP contribution in [0.1, 0.15) is 30.4 Å². The molecular weight excluding hydrogens is 270 g/mol. The van der Waals surface area contributed by atoms with Crippen molar-refractivity contribution >= 4 is 18.0 Å². The molecule has 1 atom stereocenters. The van der Waals surface area contributed by atoms with E-state index in [4.69, 9.17) is 9.84 Å². The molecule has 0 spiro atoms. The number of carbonyl (C=O) groups is 2. The lowest BCUT2D eigenvalue weighted by Gasteiger charge is -2.21. The Morgan fingerprint density at radius 3 is 2.67 bits per heavy atom. The van der Waals surface area contributed by atoms with Crippen LogP contribution in [-0.4, -0.2) is 29.7 Å². The van der Waals surface area contributed by atoms with Gasteiger partial charge < -0.3 is 15.2 Å². The second-order valence-electron chi connectivity index (χ2n) is 4.99. The molecule has 1 aliphatic heterocycles. The molecule has 1 aliphatic rings. The minimum absolute atomic E-state index is 0.0652. The van der Waals surface area contributed by atoms with Crippen LogP contribution in [0.25, 0.3) is 6.08 Å². The summed E-state index contributed by atoms with van der Waals surface area (Å²) >= 11 is 0. The molecule has 1 amide bonds. The minimum Gasteiger partial charge on any atom is -0.478 e. The summed E-state index contributed by atoms with van der Waals surface area (Å²) in [7, 11) is 0. The van der Waals surface area contributed by atoms with Gasteiger partial charge in [0.1, 0.15) is 6.10 Å². The van der Waals surface area contributed by atoms with Gasteiger partial charge in [0.25, 0.3) is 0 Å². The van der Waals surface area contributed by atoms with Crippen LogP contribution >= 0.6 is 0 Å². The van der Waals surface area contributed by atoms with Gasteiger partial charge in [-0.2, -0.15) is 0 Å². The van der Waals surface area contributed by atoms with Crippen LogP contribution in [0.4, 0.5) is 0 Å². The zero-order valence-corrected chi connectivity index (χ0v) is 11.7. The first kappa shape index (κ1) is 15.3. The van der Waals surface area contributed by atoms with E-state index in [1.165, 1.54) is 6.08 Å². The van der Waals surface area contributed by atoms with Gasteiger partial charge in [0, 0.05) is 19.2 Å². The van der Waals surface area contributed by atoms with E-state index in [0.29, 0.717) is 13.2 Å². The monoisotopic (exact) mass is 289 g/mol. The predicted molar refractivity (Wildman–Crippen MR) is 78.5 cm³/mol. The lowest BCUT2D eigenvalue weighted by Crippen LogP contribution is -2.37. The molecule has 21 heavy (non-hydrogen) atoms. The second kappa shape index (κ2) is 7.59. The summed E-state index contributed by atoms with van der Waals surface area (Å²) in [5, 5.41) is 11.4. The van der Waals surface area contributed by atoms with Crippen molar-refractivity contribution < 1.29 is 19.4 Å². The Kier molecular flexibility index (Phi) is 5.51. The largest absolute Gasteiger partial charge is 0.478 e. The topological polar surface area (TPSA) is 75.6 Å². The quantitative estimate of drug-likeness (QED) is 0.813. The van der Waals surface area contributed by atoms with Gasteiger partial charge in [0.2, 0.25) is 5.91 Å².